The highest BCUT2D eigenvalue weighted by atomic mass is 32.1. The van der Waals surface area contributed by atoms with Crippen LogP contribution < -0.4 is 19.5 Å². The molecule has 0 aliphatic carbocycles. The Hall–Kier alpha value is -3.06. The summed E-state index contributed by atoms with van der Waals surface area (Å²) >= 11 is 1.38. The lowest BCUT2D eigenvalue weighted by Crippen LogP contribution is -2.11. The van der Waals surface area contributed by atoms with Crippen LogP contribution in [0.2, 0.25) is 0 Å². The molecule has 2 aromatic carbocycles. The fraction of sp³-hybridized carbons (Fsp3) is 0.158. The van der Waals surface area contributed by atoms with Crippen LogP contribution in [0.15, 0.2) is 41.8 Å². The van der Waals surface area contributed by atoms with Crippen molar-refractivity contribution < 1.29 is 19.0 Å². The lowest BCUT2D eigenvalue weighted by molar-refractivity contribution is 0.102. The molecular formula is C19H16N2O4S. The zero-order chi connectivity index (χ0) is 18.1. The number of anilines is 1. The molecule has 1 N–H and O–H groups in total. The van der Waals surface area contributed by atoms with Crippen LogP contribution in [-0.4, -0.2) is 24.8 Å². The maximum absolute atomic E-state index is 12.4. The van der Waals surface area contributed by atoms with E-state index in [1.54, 1.807) is 25.3 Å². The van der Waals surface area contributed by atoms with Gasteiger partial charge in [0.2, 0.25) is 6.79 Å². The van der Waals surface area contributed by atoms with Gasteiger partial charge in [0.25, 0.3) is 5.91 Å². The van der Waals surface area contributed by atoms with Gasteiger partial charge in [-0.2, -0.15) is 0 Å². The zero-order valence-electron chi connectivity index (χ0n) is 14.2. The van der Waals surface area contributed by atoms with Crippen molar-refractivity contribution in [3.8, 4) is 28.5 Å². The van der Waals surface area contributed by atoms with Crippen molar-refractivity contribution in [2.24, 2.45) is 0 Å². The molecule has 132 valence electrons. The first-order chi connectivity index (χ1) is 12.6. The van der Waals surface area contributed by atoms with E-state index in [1.165, 1.54) is 11.3 Å². The predicted octanol–water partition coefficient (Wildman–Crippen LogP) is 4.11. The minimum absolute atomic E-state index is 0.178. The van der Waals surface area contributed by atoms with Crippen LogP contribution >= 0.6 is 11.3 Å². The Balaban J connectivity index is 1.51. The fourth-order valence-electron chi connectivity index (χ4n) is 2.71. The monoisotopic (exact) mass is 368 g/mol. The lowest BCUT2D eigenvalue weighted by atomic mass is 10.1. The van der Waals surface area contributed by atoms with E-state index in [-0.39, 0.29) is 12.7 Å². The summed E-state index contributed by atoms with van der Waals surface area (Å²) < 4.78 is 15.8. The van der Waals surface area contributed by atoms with Crippen molar-refractivity contribution in [3.05, 3.63) is 52.9 Å². The highest BCUT2D eigenvalue weighted by Crippen LogP contribution is 2.33. The average Bonchev–Trinajstić information content (AvgIpc) is 3.30. The van der Waals surface area contributed by atoms with Gasteiger partial charge in [0.1, 0.15) is 5.75 Å². The van der Waals surface area contributed by atoms with E-state index in [0.717, 1.165) is 22.6 Å². The summed E-state index contributed by atoms with van der Waals surface area (Å²) in [4.78, 5) is 16.9. The maximum atomic E-state index is 12.4. The van der Waals surface area contributed by atoms with Crippen molar-refractivity contribution in [2.75, 3.05) is 19.2 Å². The highest BCUT2D eigenvalue weighted by Gasteiger charge is 2.17. The molecule has 0 spiro atoms. The van der Waals surface area contributed by atoms with Crippen LogP contribution in [0.1, 0.15) is 15.9 Å². The smallest absolute Gasteiger partial charge is 0.257 e. The maximum Gasteiger partial charge on any atom is 0.257 e. The number of hydrogen-bond donors (Lipinski definition) is 1. The third-order valence-corrected chi connectivity index (χ3v) is 4.81. The number of carbonyl (C=O) groups is 1. The normalized spacial score (nSPS) is 12.1. The molecule has 3 aromatic rings. The van der Waals surface area contributed by atoms with Crippen molar-refractivity contribution in [1.29, 1.82) is 0 Å². The molecule has 2 heterocycles. The Labute approximate surface area is 154 Å². The Morgan fingerprint density at radius 1 is 1.19 bits per heavy atom. The van der Waals surface area contributed by atoms with E-state index in [1.807, 2.05) is 30.5 Å². The van der Waals surface area contributed by atoms with E-state index in [2.05, 4.69) is 10.3 Å². The fourth-order valence-corrected chi connectivity index (χ4v) is 3.42. The van der Waals surface area contributed by atoms with E-state index in [9.17, 15) is 4.79 Å². The molecule has 4 rings (SSSR count). The number of aryl methyl sites for hydroxylation is 1. The van der Waals surface area contributed by atoms with Crippen molar-refractivity contribution in [2.45, 2.75) is 6.92 Å². The third kappa shape index (κ3) is 3.09. The number of ether oxygens (including phenoxy) is 3. The molecule has 0 saturated carbocycles. The number of amides is 1. The Morgan fingerprint density at radius 3 is 2.85 bits per heavy atom. The summed E-state index contributed by atoms with van der Waals surface area (Å²) in [6, 6.07) is 11.0. The standard InChI is InChI=1S/C19H16N2O4S/c1-11-7-12(3-5-15(11)23-2)14-9-26-19(20-14)21-18(22)13-4-6-16-17(8-13)25-10-24-16/h3-9H,10H2,1-2H3,(H,20,21,22). The van der Waals surface area contributed by atoms with E-state index >= 15 is 0 Å². The third-order valence-electron chi connectivity index (χ3n) is 4.05. The number of rotatable bonds is 4. The van der Waals surface area contributed by atoms with E-state index < -0.39 is 0 Å². The molecule has 1 amide bonds. The van der Waals surface area contributed by atoms with Gasteiger partial charge in [-0.05, 0) is 48.9 Å². The topological polar surface area (TPSA) is 69.7 Å². The van der Waals surface area contributed by atoms with Crippen LogP contribution in [0.3, 0.4) is 0 Å². The van der Waals surface area contributed by atoms with Crippen LogP contribution in [0, 0.1) is 6.92 Å². The average molecular weight is 368 g/mol. The SMILES string of the molecule is COc1ccc(-c2csc(NC(=O)c3ccc4c(c3)OCO4)n2)cc1C. The Morgan fingerprint density at radius 2 is 2.04 bits per heavy atom. The molecule has 1 aromatic heterocycles. The Kier molecular flexibility index (Phi) is 4.22. The number of benzene rings is 2. The molecule has 0 atom stereocenters. The van der Waals surface area contributed by atoms with Gasteiger partial charge in [-0.25, -0.2) is 4.98 Å². The summed E-state index contributed by atoms with van der Waals surface area (Å²) in [5, 5.41) is 5.28. The number of nitrogens with zero attached hydrogens (tertiary/aromatic N) is 1. The van der Waals surface area contributed by atoms with E-state index in [0.29, 0.717) is 22.2 Å². The molecule has 26 heavy (non-hydrogen) atoms. The first-order valence-electron chi connectivity index (χ1n) is 7.95. The van der Waals surface area contributed by atoms with Crippen LogP contribution in [0.25, 0.3) is 11.3 Å². The van der Waals surface area contributed by atoms with Crippen LogP contribution in [0.4, 0.5) is 5.13 Å². The number of hydrogen-bond acceptors (Lipinski definition) is 6. The molecule has 0 bridgehead atoms. The van der Waals surface area contributed by atoms with Gasteiger partial charge >= 0.3 is 0 Å². The van der Waals surface area contributed by atoms with Crippen LogP contribution in [0.5, 0.6) is 17.2 Å². The van der Waals surface area contributed by atoms with E-state index in [4.69, 9.17) is 14.2 Å². The number of aromatic nitrogens is 1. The molecule has 6 nitrogen and oxygen atoms in total. The summed E-state index contributed by atoms with van der Waals surface area (Å²) in [6.45, 7) is 2.16. The number of carbonyl (C=O) groups excluding carboxylic acids is 1. The van der Waals surface area contributed by atoms with Gasteiger partial charge in [0.15, 0.2) is 16.6 Å². The molecule has 0 fully saturated rings. The molecular weight excluding hydrogens is 352 g/mol. The largest absolute Gasteiger partial charge is 0.496 e. The second-order valence-electron chi connectivity index (χ2n) is 5.74. The zero-order valence-corrected chi connectivity index (χ0v) is 15.1. The minimum atomic E-state index is -0.241. The number of thiazole rings is 1. The van der Waals surface area contributed by atoms with Crippen LogP contribution in [-0.2, 0) is 0 Å². The minimum Gasteiger partial charge on any atom is -0.496 e. The molecule has 0 radical (unpaired) electrons. The van der Waals surface area contributed by atoms with Crippen molar-refractivity contribution in [1.82, 2.24) is 4.98 Å². The summed E-state index contributed by atoms with van der Waals surface area (Å²) in [5.41, 5.74) is 3.31. The van der Waals surface area contributed by atoms with Gasteiger partial charge in [-0.15, -0.1) is 11.3 Å². The summed E-state index contributed by atoms with van der Waals surface area (Å²) in [6.07, 6.45) is 0. The summed E-state index contributed by atoms with van der Waals surface area (Å²) in [5.74, 6) is 1.81. The van der Waals surface area contributed by atoms with Gasteiger partial charge < -0.3 is 14.2 Å². The van der Waals surface area contributed by atoms with Crippen molar-refractivity contribution in [3.63, 3.8) is 0 Å². The number of fused-ring (bicyclic) bond motifs is 1. The second kappa shape index (κ2) is 6.68. The molecule has 0 unspecified atom stereocenters. The highest BCUT2D eigenvalue weighted by molar-refractivity contribution is 7.14. The van der Waals surface area contributed by atoms with Gasteiger partial charge in [-0.1, -0.05) is 0 Å². The van der Waals surface area contributed by atoms with Gasteiger partial charge in [0.05, 0.1) is 12.8 Å². The first-order valence-corrected chi connectivity index (χ1v) is 8.83. The van der Waals surface area contributed by atoms with Gasteiger partial charge in [-0.3, -0.25) is 10.1 Å². The molecule has 0 saturated heterocycles. The van der Waals surface area contributed by atoms with Gasteiger partial charge in [0, 0.05) is 16.5 Å². The van der Waals surface area contributed by atoms with Crippen molar-refractivity contribution >= 4 is 22.4 Å². The number of nitrogens with one attached hydrogen (secondary N) is 1. The predicted molar refractivity (Wildman–Crippen MR) is 99.4 cm³/mol. The Bertz CT molecular complexity index is 983. The molecule has 7 heteroatoms. The first kappa shape index (κ1) is 16.4. The quantitative estimate of drug-likeness (QED) is 0.750. The second-order valence-corrected chi connectivity index (χ2v) is 6.60. The molecule has 1 aliphatic rings. The lowest BCUT2D eigenvalue weighted by Gasteiger charge is -2.05. The number of methoxy groups -OCH3 is 1. The summed E-state index contributed by atoms with van der Waals surface area (Å²) in [7, 11) is 1.65. The molecule has 1 aliphatic heterocycles.